The highest BCUT2D eigenvalue weighted by Crippen LogP contribution is 2.20. The minimum atomic E-state index is -0.180. The molecule has 2 heterocycles. The summed E-state index contributed by atoms with van der Waals surface area (Å²) in [5.74, 6) is -0.180. The van der Waals surface area contributed by atoms with Crippen molar-refractivity contribution in [3.63, 3.8) is 0 Å². The van der Waals surface area contributed by atoms with Gasteiger partial charge >= 0.3 is 0 Å². The van der Waals surface area contributed by atoms with E-state index in [0.29, 0.717) is 6.10 Å². The molecule has 0 radical (unpaired) electrons. The summed E-state index contributed by atoms with van der Waals surface area (Å²) in [6.45, 7) is 2.75. The molecule has 0 aromatic rings. The predicted molar refractivity (Wildman–Crippen MR) is 52.8 cm³/mol. The van der Waals surface area contributed by atoms with E-state index in [4.69, 9.17) is 10.5 Å². The summed E-state index contributed by atoms with van der Waals surface area (Å²) in [6, 6.07) is -0.0424. The lowest BCUT2D eigenvalue weighted by Crippen LogP contribution is -2.43. The number of carbonyl (C=O) groups excluding carboxylic acids is 1. The van der Waals surface area contributed by atoms with Crippen LogP contribution in [0.25, 0.3) is 0 Å². The van der Waals surface area contributed by atoms with Crippen molar-refractivity contribution >= 4 is 5.91 Å². The van der Waals surface area contributed by atoms with Gasteiger partial charge in [0.25, 0.3) is 0 Å². The van der Waals surface area contributed by atoms with E-state index in [9.17, 15) is 4.79 Å². The van der Waals surface area contributed by atoms with Crippen LogP contribution in [0.3, 0.4) is 0 Å². The van der Waals surface area contributed by atoms with E-state index in [1.807, 2.05) is 0 Å². The molecular weight excluding hydrogens is 180 g/mol. The summed E-state index contributed by atoms with van der Waals surface area (Å²) in [6.07, 6.45) is 4.61. The van der Waals surface area contributed by atoms with Crippen molar-refractivity contribution < 1.29 is 9.53 Å². The van der Waals surface area contributed by atoms with Gasteiger partial charge < -0.3 is 10.5 Å². The number of hydrogen-bond acceptors (Lipinski definition) is 3. The van der Waals surface area contributed by atoms with Crippen LogP contribution in [0.2, 0.25) is 0 Å². The monoisotopic (exact) mass is 198 g/mol. The van der Waals surface area contributed by atoms with E-state index in [1.54, 1.807) is 0 Å². The van der Waals surface area contributed by atoms with Crippen molar-refractivity contribution in [2.45, 2.75) is 37.8 Å². The zero-order chi connectivity index (χ0) is 9.97. The van der Waals surface area contributed by atoms with Gasteiger partial charge in [-0.25, -0.2) is 0 Å². The third kappa shape index (κ3) is 2.07. The number of nitrogens with zero attached hydrogens (tertiary/aromatic N) is 1. The lowest BCUT2D eigenvalue weighted by atomic mass is 10.2. The Hall–Kier alpha value is -0.610. The molecule has 80 valence electrons. The minimum absolute atomic E-state index is 0.0424. The number of nitrogens with two attached hydrogens (primary N) is 1. The molecule has 4 heteroatoms. The fraction of sp³-hybridized carbons (Fsp3) is 0.900. The molecular formula is C10H18N2O2. The van der Waals surface area contributed by atoms with Gasteiger partial charge in [-0.1, -0.05) is 0 Å². The van der Waals surface area contributed by atoms with Crippen LogP contribution >= 0.6 is 0 Å². The van der Waals surface area contributed by atoms with Crippen LogP contribution in [-0.2, 0) is 9.53 Å². The Morgan fingerprint density at radius 2 is 2.29 bits per heavy atom. The normalized spacial score (nSPS) is 33.7. The zero-order valence-electron chi connectivity index (χ0n) is 8.45. The van der Waals surface area contributed by atoms with E-state index in [2.05, 4.69) is 4.90 Å². The van der Waals surface area contributed by atoms with Gasteiger partial charge in [-0.05, 0) is 32.2 Å². The van der Waals surface area contributed by atoms with Crippen LogP contribution in [-0.4, -0.2) is 42.6 Å². The second-order valence-corrected chi connectivity index (χ2v) is 4.19. The molecule has 0 aromatic carbocycles. The Kier molecular flexibility index (Phi) is 3.03. The van der Waals surface area contributed by atoms with Gasteiger partial charge in [-0.3, -0.25) is 9.69 Å². The molecule has 2 saturated heterocycles. The molecule has 2 N–H and O–H groups in total. The second-order valence-electron chi connectivity index (χ2n) is 4.19. The maximum absolute atomic E-state index is 11.1. The van der Waals surface area contributed by atoms with E-state index in [0.717, 1.165) is 45.4 Å². The maximum atomic E-state index is 11.1. The van der Waals surface area contributed by atoms with Crippen molar-refractivity contribution in [1.82, 2.24) is 4.90 Å². The molecule has 0 bridgehead atoms. The first-order chi connectivity index (χ1) is 6.77. The Bertz CT molecular complexity index is 214. The standard InChI is InChI=1S/C10H18N2O2/c11-10(13)9-4-1-5-12(9)7-8-3-2-6-14-8/h8-9H,1-7H2,(H2,11,13)/t8-,9+/m0/s1. The van der Waals surface area contributed by atoms with E-state index in [-0.39, 0.29) is 11.9 Å². The Balaban J connectivity index is 1.86. The fourth-order valence-corrected chi connectivity index (χ4v) is 2.42. The third-order valence-corrected chi connectivity index (χ3v) is 3.15. The van der Waals surface area contributed by atoms with Crippen LogP contribution < -0.4 is 5.73 Å². The van der Waals surface area contributed by atoms with Crippen molar-refractivity contribution in [3.8, 4) is 0 Å². The minimum Gasteiger partial charge on any atom is -0.377 e. The largest absolute Gasteiger partial charge is 0.377 e. The van der Waals surface area contributed by atoms with Gasteiger partial charge in [-0.15, -0.1) is 0 Å². The average Bonchev–Trinajstić information content (AvgIpc) is 2.75. The molecule has 2 aliphatic heterocycles. The zero-order valence-corrected chi connectivity index (χ0v) is 8.45. The summed E-state index contributed by atoms with van der Waals surface area (Å²) in [5.41, 5.74) is 5.34. The smallest absolute Gasteiger partial charge is 0.234 e. The van der Waals surface area contributed by atoms with Crippen LogP contribution in [0.5, 0.6) is 0 Å². The maximum Gasteiger partial charge on any atom is 0.234 e. The van der Waals surface area contributed by atoms with Crippen molar-refractivity contribution in [3.05, 3.63) is 0 Å². The summed E-state index contributed by atoms with van der Waals surface area (Å²) in [5, 5.41) is 0. The van der Waals surface area contributed by atoms with Gasteiger partial charge in [0.05, 0.1) is 12.1 Å². The molecule has 0 aromatic heterocycles. The number of amides is 1. The lowest BCUT2D eigenvalue weighted by Gasteiger charge is -2.24. The van der Waals surface area contributed by atoms with E-state index < -0.39 is 0 Å². The molecule has 0 aliphatic carbocycles. The molecule has 0 spiro atoms. The number of carbonyl (C=O) groups is 1. The molecule has 2 atom stereocenters. The SMILES string of the molecule is NC(=O)[C@H]1CCCN1C[C@@H]1CCCO1. The highest BCUT2D eigenvalue weighted by atomic mass is 16.5. The number of primary amides is 1. The Labute approximate surface area is 84.4 Å². The van der Waals surface area contributed by atoms with Crippen molar-refractivity contribution in [2.24, 2.45) is 5.73 Å². The lowest BCUT2D eigenvalue weighted by molar-refractivity contribution is -0.122. The van der Waals surface area contributed by atoms with E-state index >= 15 is 0 Å². The molecule has 14 heavy (non-hydrogen) atoms. The molecule has 2 rings (SSSR count). The Morgan fingerprint density at radius 3 is 2.93 bits per heavy atom. The summed E-state index contributed by atoms with van der Waals surface area (Å²) in [4.78, 5) is 13.3. The number of ether oxygens (including phenoxy) is 1. The summed E-state index contributed by atoms with van der Waals surface area (Å²) >= 11 is 0. The number of rotatable bonds is 3. The highest BCUT2D eigenvalue weighted by Gasteiger charge is 2.31. The van der Waals surface area contributed by atoms with Crippen molar-refractivity contribution in [2.75, 3.05) is 19.7 Å². The molecule has 1 amide bonds. The predicted octanol–water partition coefficient (Wildman–Crippen LogP) is 0.115. The topological polar surface area (TPSA) is 55.6 Å². The molecule has 0 unspecified atom stereocenters. The average molecular weight is 198 g/mol. The van der Waals surface area contributed by atoms with Gasteiger partial charge in [0.2, 0.25) is 5.91 Å². The molecule has 0 saturated carbocycles. The second kappa shape index (κ2) is 4.28. The third-order valence-electron chi connectivity index (χ3n) is 3.15. The first-order valence-corrected chi connectivity index (χ1v) is 5.42. The van der Waals surface area contributed by atoms with Crippen molar-refractivity contribution in [1.29, 1.82) is 0 Å². The molecule has 4 nitrogen and oxygen atoms in total. The molecule has 2 fully saturated rings. The fourth-order valence-electron chi connectivity index (χ4n) is 2.42. The van der Waals surface area contributed by atoms with Gasteiger partial charge in [0.15, 0.2) is 0 Å². The quantitative estimate of drug-likeness (QED) is 0.700. The first-order valence-electron chi connectivity index (χ1n) is 5.42. The van der Waals surface area contributed by atoms with Crippen LogP contribution in [0, 0.1) is 0 Å². The number of likely N-dealkylation sites (tertiary alicyclic amines) is 1. The number of hydrogen-bond donors (Lipinski definition) is 1. The first kappa shape index (κ1) is 9.93. The van der Waals surface area contributed by atoms with E-state index in [1.165, 1.54) is 0 Å². The van der Waals surface area contributed by atoms with Gasteiger partial charge in [-0.2, -0.15) is 0 Å². The van der Waals surface area contributed by atoms with Crippen LogP contribution in [0.1, 0.15) is 25.7 Å². The van der Waals surface area contributed by atoms with Gasteiger partial charge in [0, 0.05) is 13.2 Å². The van der Waals surface area contributed by atoms with Crippen LogP contribution in [0.4, 0.5) is 0 Å². The van der Waals surface area contributed by atoms with Crippen LogP contribution in [0.15, 0.2) is 0 Å². The summed E-state index contributed by atoms with van der Waals surface area (Å²) < 4.78 is 5.55. The highest BCUT2D eigenvalue weighted by molar-refractivity contribution is 5.80. The Morgan fingerprint density at radius 1 is 1.43 bits per heavy atom. The van der Waals surface area contributed by atoms with Gasteiger partial charge in [0.1, 0.15) is 0 Å². The molecule has 2 aliphatic rings. The summed E-state index contributed by atoms with van der Waals surface area (Å²) in [7, 11) is 0.